The van der Waals surface area contributed by atoms with E-state index in [1.165, 1.54) is 11.5 Å². The van der Waals surface area contributed by atoms with E-state index < -0.39 is 0 Å². The predicted molar refractivity (Wildman–Crippen MR) is 102 cm³/mol. The standard InChI is InChI=1S/C18H26N4O3S/c1-11(2)17-16(26-21-20-17)10-19-18(23)22(4)12(3)14-8-7-13(24-5)9-15(14)25-6/h7-9,11-12H,10H2,1-6H3,(H,19,23)/t12-/m1/s1. The minimum atomic E-state index is -0.168. The molecule has 1 atom stereocenters. The minimum Gasteiger partial charge on any atom is -0.497 e. The van der Waals surface area contributed by atoms with E-state index in [0.717, 1.165) is 16.1 Å². The van der Waals surface area contributed by atoms with Gasteiger partial charge in [0.1, 0.15) is 11.5 Å². The lowest BCUT2D eigenvalue weighted by Gasteiger charge is -2.27. The molecule has 0 aliphatic rings. The lowest BCUT2D eigenvalue weighted by Crippen LogP contribution is -2.38. The molecule has 0 aliphatic heterocycles. The van der Waals surface area contributed by atoms with Crippen molar-refractivity contribution >= 4 is 17.6 Å². The van der Waals surface area contributed by atoms with Crippen molar-refractivity contribution in [2.75, 3.05) is 21.3 Å². The summed E-state index contributed by atoms with van der Waals surface area (Å²) in [5.41, 5.74) is 1.84. The zero-order valence-electron chi connectivity index (χ0n) is 16.1. The van der Waals surface area contributed by atoms with Crippen LogP contribution < -0.4 is 14.8 Å². The molecule has 1 aromatic heterocycles. The molecule has 142 valence electrons. The molecular weight excluding hydrogens is 352 g/mol. The summed E-state index contributed by atoms with van der Waals surface area (Å²) in [6.45, 7) is 6.50. The van der Waals surface area contributed by atoms with Crippen LogP contribution in [0.1, 0.15) is 48.9 Å². The van der Waals surface area contributed by atoms with Crippen LogP contribution in [-0.2, 0) is 6.54 Å². The molecule has 0 aliphatic carbocycles. The normalized spacial score (nSPS) is 12.0. The third-order valence-electron chi connectivity index (χ3n) is 4.32. The molecule has 0 radical (unpaired) electrons. The second-order valence-electron chi connectivity index (χ2n) is 6.29. The Balaban J connectivity index is 2.06. The number of amides is 2. The highest BCUT2D eigenvalue weighted by Gasteiger charge is 2.21. The number of aromatic nitrogens is 2. The molecule has 0 bridgehead atoms. The van der Waals surface area contributed by atoms with Crippen molar-refractivity contribution in [1.82, 2.24) is 19.8 Å². The molecular formula is C18H26N4O3S. The van der Waals surface area contributed by atoms with Crippen molar-refractivity contribution in [2.45, 2.75) is 39.3 Å². The first-order valence-electron chi connectivity index (χ1n) is 8.42. The first-order chi connectivity index (χ1) is 12.4. The van der Waals surface area contributed by atoms with E-state index in [1.807, 2.05) is 25.1 Å². The quantitative estimate of drug-likeness (QED) is 0.797. The molecule has 2 aromatic rings. The van der Waals surface area contributed by atoms with E-state index >= 15 is 0 Å². The molecule has 1 aromatic carbocycles. The Hall–Kier alpha value is -2.35. The fraction of sp³-hybridized carbons (Fsp3) is 0.500. The van der Waals surface area contributed by atoms with Gasteiger partial charge in [-0.3, -0.25) is 0 Å². The second kappa shape index (κ2) is 8.84. The maximum atomic E-state index is 12.6. The predicted octanol–water partition coefficient (Wildman–Crippen LogP) is 3.58. The van der Waals surface area contributed by atoms with Gasteiger partial charge in [0.25, 0.3) is 0 Å². The molecule has 1 N–H and O–H groups in total. The molecule has 7 nitrogen and oxygen atoms in total. The fourth-order valence-electron chi connectivity index (χ4n) is 2.61. The van der Waals surface area contributed by atoms with Crippen LogP contribution in [0.2, 0.25) is 0 Å². The average molecular weight is 378 g/mol. The third-order valence-corrected chi connectivity index (χ3v) is 5.06. The fourth-order valence-corrected chi connectivity index (χ4v) is 3.34. The number of carbonyl (C=O) groups excluding carboxylic acids is 1. The van der Waals surface area contributed by atoms with Crippen molar-refractivity contribution in [1.29, 1.82) is 0 Å². The average Bonchev–Trinajstić information content (AvgIpc) is 3.13. The van der Waals surface area contributed by atoms with Crippen LogP contribution in [-0.4, -0.2) is 41.8 Å². The molecule has 1 heterocycles. The van der Waals surface area contributed by atoms with Gasteiger partial charge in [0, 0.05) is 18.7 Å². The Kier molecular flexibility index (Phi) is 6.79. The maximum Gasteiger partial charge on any atom is 0.317 e. The van der Waals surface area contributed by atoms with E-state index in [9.17, 15) is 4.79 Å². The number of rotatable bonds is 7. The number of hydrogen-bond donors (Lipinski definition) is 1. The number of methoxy groups -OCH3 is 2. The van der Waals surface area contributed by atoms with Crippen LogP contribution in [0.15, 0.2) is 18.2 Å². The van der Waals surface area contributed by atoms with E-state index in [4.69, 9.17) is 9.47 Å². The number of nitrogens with one attached hydrogen (secondary N) is 1. The molecule has 26 heavy (non-hydrogen) atoms. The van der Waals surface area contributed by atoms with Gasteiger partial charge in [0.2, 0.25) is 0 Å². The van der Waals surface area contributed by atoms with Crippen LogP contribution in [0.25, 0.3) is 0 Å². The number of benzene rings is 1. The van der Waals surface area contributed by atoms with Crippen LogP contribution in [0.5, 0.6) is 11.5 Å². The highest BCUT2D eigenvalue weighted by molar-refractivity contribution is 7.05. The summed E-state index contributed by atoms with van der Waals surface area (Å²) in [5, 5.41) is 7.08. The molecule has 0 saturated heterocycles. The largest absolute Gasteiger partial charge is 0.497 e. The van der Waals surface area contributed by atoms with Crippen molar-refractivity contribution in [3.63, 3.8) is 0 Å². The van der Waals surface area contributed by atoms with Crippen molar-refractivity contribution in [2.24, 2.45) is 0 Å². The zero-order valence-corrected chi connectivity index (χ0v) is 16.9. The summed E-state index contributed by atoms with van der Waals surface area (Å²) in [5.74, 6) is 1.68. The van der Waals surface area contributed by atoms with Gasteiger partial charge in [-0.25, -0.2) is 4.79 Å². The summed E-state index contributed by atoms with van der Waals surface area (Å²) in [6.07, 6.45) is 0. The first-order valence-corrected chi connectivity index (χ1v) is 9.20. The minimum absolute atomic E-state index is 0.167. The van der Waals surface area contributed by atoms with Gasteiger partial charge in [-0.05, 0) is 36.5 Å². The Bertz CT molecular complexity index is 748. The summed E-state index contributed by atoms with van der Waals surface area (Å²) < 4.78 is 14.7. The summed E-state index contributed by atoms with van der Waals surface area (Å²) in [7, 11) is 4.98. The first kappa shape index (κ1) is 20.0. The van der Waals surface area contributed by atoms with Crippen molar-refractivity contribution in [3.05, 3.63) is 34.3 Å². The maximum absolute atomic E-state index is 12.6. The third kappa shape index (κ3) is 4.43. The number of ether oxygens (including phenoxy) is 2. The van der Waals surface area contributed by atoms with Gasteiger partial charge in [0.15, 0.2) is 0 Å². The molecule has 0 saturated carbocycles. The smallest absolute Gasteiger partial charge is 0.317 e. The lowest BCUT2D eigenvalue weighted by molar-refractivity contribution is 0.193. The summed E-state index contributed by atoms with van der Waals surface area (Å²) in [6, 6.07) is 5.25. The van der Waals surface area contributed by atoms with E-state index in [0.29, 0.717) is 18.0 Å². The summed E-state index contributed by atoms with van der Waals surface area (Å²) >= 11 is 1.32. The van der Waals surface area contributed by atoms with Crippen LogP contribution >= 0.6 is 11.5 Å². The molecule has 2 rings (SSSR count). The zero-order chi connectivity index (χ0) is 19.3. The highest BCUT2D eigenvalue weighted by atomic mass is 32.1. The van der Waals surface area contributed by atoms with Crippen LogP contribution in [0, 0.1) is 0 Å². The van der Waals surface area contributed by atoms with Gasteiger partial charge in [-0.15, -0.1) is 5.10 Å². The SMILES string of the molecule is COc1ccc([C@@H](C)N(C)C(=O)NCc2snnc2C(C)C)c(OC)c1. The highest BCUT2D eigenvalue weighted by Crippen LogP contribution is 2.32. The van der Waals surface area contributed by atoms with Crippen molar-refractivity contribution in [3.8, 4) is 11.5 Å². The molecule has 2 amide bonds. The van der Waals surface area contributed by atoms with Gasteiger partial charge < -0.3 is 19.7 Å². The van der Waals surface area contributed by atoms with E-state index in [1.54, 1.807) is 26.2 Å². The van der Waals surface area contributed by atoms with E-state index in [2.05, 4.69) is 28.8 Å². The number of hydrogen-bond acceptors (Lipinski definition) is 6. The Morgan fingerprint density at radius 3 is 2.62 bits per heavy atom. The van der Waals surface area contributed by atoms with Gasteiger partial charge >= 0.3 is 6.03 Å². The Morgan fingerprint density at radius 2 is 2.00 bits per heavy atom. The molecule has 0 spiro atoms. The number of urea groups is 1. The molecule has 0 fully saturated rings. The van der Waals surface area contributed by atoms with Gasteiger partial charge in [0.05, 0.1) is 37.4 Å². The number of nitrogens with zero attached hydrogens (tertiary/aromatic N) is 3. The van der Waals surface area contributed by atoms with Crippen LogP contribution in [0.4, 0.5) is 4.79 Å². The summed E-state index contributed by atoms with van der Waals surface area (Å²) in [4.78, 5) is 15.2. The monoisotopic (exact) mass is 378 g/mol. The Morgan fingerprint density at radius 1 is 1.27 bits per heavy atom. The van der Waals surface area contributed by atoms with Crippen LogP contribution in [0.3, 0.4) is 0 Å². The topological polar surface area (TPSA) is 76.6 Å². The second-order valence-corrected chi connectivity index (χ2v) is 7.13. The molecule has 8 heteroatoms. The number of carbonyl (C=O) groups is 1. The van der Waals surface area contributed by atoms with Gasteiger partial charge in [-0.1, -0.05) is 18.3 Å². The Labute approximate surface area is 158 Å². The lowest BCUT2D eigenvalue weighted by atomic mass is 10.1. The molecule has 0 unspecified atom stereocenters. The van der Waals surface area contributed by atoms with E-state index in [-0.39, 0.29) is 18.0 Å². The van der Waals surface area contributed by atoms with Gasteiger partial charge in [-0.2, -0.15) is 0 Å². The van der Waals surface area contributed by atoms with Crippen molar-refractivity contribution < 1.29 is 14.3 Å².